The average molecular weight is 224 g/mol. The van der Waals surface area contributed by atoms with E-state index in [1.54, 1.807) is 6.08 Å². The Hall–Kier alpha value is -1.42. The maximum atomic E-state index is 13.1. The maximum Gasteiger partial charge on any atom is 0.128 e. The van der Waals surface area contributed by atoms with Crippen molar-refractivity contribution in [3.8, 4) is 0 Å². The van der Waals surface area contributed by atoms with Gasteiger partial charge in [0.25, 0.3) is 0 Å². The van der Waals surface area contributed by atoms with E-state index in [2.05, 4.69) is 11.9 Å². The third-order valence-electron chi connectivity index (χ3n) is 2.73. The maximum absolute atomic E-state index is 13.1. The number of piperazine rings is 1. The average Bonchev–Trinajstić information content (AvgIpc) is 2.27. The second-order valence-electron chi connectivity index (χ2n) is 3.83. The Morgan fingerprint density at radius 3 is 2.62 bits per heavy atom. The van der Waals surface area contributed by atoms with E-state index in [1.165, 1.54) is 12.1 Å². The minimum Gasteiger partial charge on any atom is -0.362 e. The van der Waals surface area contributed by atoms with E-state index in [9.17, 15) is 8.78 Å². The molecule has 0 bridgehead atoms. The lowest BCUT2D eigenvalue weighted by Gasteiger charge is -2.36. The molecule has 0 spiro atoms. The van der Waals surface area contributed by atoms with E-state index in [4.69, 9.17) is 0 Å². The number of rotatable bonds is 2. The highest BCUT2D eigenvalue weighted by Crippen LogP contribution is 2.21. The predicted molar refractivity (Wildman–Crippen MR) is 60.6 cm³/mol. The molecule has 1 fully saturated rings. The van der Waals surface area contributed by atoms with Gasteiger partial charge in [0.05, 0.1) is 6.04 Å². The lowest BCUT2D eigenvalue weighted by molar-refractivity contribution is 0.524. The molecule has 1 atom stereocenters. The van der Waals surface area contributed by atoms with Crippen LogP contribution in [0.1, 0.15) is 0 Å². The zero-order valence-corrected chi connectivity index (χ0v) is 8.92. The predicted octanol–water partition coefficient (Wildman–Crippen LogP) is 1.93. The lowest BCUT2D eigenvalue weighted by atomic mass is 10.1. The summed E-state index contributed by atoms with van der Waals surface area (Å²) in [6, 6.07) is 3.67. The number of hydrogen-bond donors (Lipinski definition) is 1. The molecule has 1 aromatic rings. The highest BCUT2D eigenvalue weighted by atomic mass is 19.1. The molecule has 0 unspecified atom stereocenters. The Balaban J connectivity index is 2.30. The molecule has 1 heterocycles. The minimum atomic E-state index is -0.545. The van der Waals surface area contributed by atoms with Crippen molar-refractivity contribution in [2.45, 2.75) is 6.04 Å². The van der Waals surface area contributed by atoms with Crippen LogP contribution in [0.15, 0.2) is 30.9 Å². The Bertz CT molecular complexity index is 372. The number of benzene rings is 1. The first-order valence-electron chi connectivity index (χ1n) is 5.26. The molecule has 1 N–H and O–H groups in total. The number of anilines is 1. The normalized spacial score (nSPS) is 20.9. The number of nitrogens with zero attached hydrogens (tertiary/aromatic N) is 1. The lowest BCUT2D eigenvalue weighted by Crippen LogP contribution is -2.50. The summed E-state index contributed by atoms with van der Waals surface area (Å²) in [5.41, 5.74) is 0.573. The molecule has 1 aliphatic heterocycles. The topological polar surface area (TPSA) is 15.3 Å². The molecule has 1 saturated heterocycles. The molecule has 2 rings (SSSR count). The monoisotopic (exact) mass is 224 g/mol. The third-order valence-corrected chi connectivity index (χ3v) is 2.73. The summed E-state index contributed by atoms with van der Waals surface area (Å²) in [5, 5.41) is 3.21. The molecule has 1 aromatic carbocycles. The Kier molecular flexibility index (Phi) is 3.19. The van der Waals surface area contributed by atoms with Crippen LogP contribution in [0.3, 0.4) is 0 Å². The van der Waals surface area contributed by atoms with Gasteiger partial charge in [-0.25, -0.2) is 8.78 Å². The fourth-order valence-electron chi connectivity index (χ4n) is 1.96. The van der Waals surface area contributed by atoms with Gasteiger partial charge in [0.2, 0.25) is 0 Å². The Morgan fingerprint density at radius 2 is 2.00 bits per heavy atom. The van der Waals surface area contributed by atoms with Crippen LogP contribution in [0, 0.1) is 11.6 Å². The number of nitrogens with one attached hydrogen (secondary N) is 1. The van der Waals surface area contributed by atoms with Gasteiger partial charge in [0, 0.05) is 31.4 Å². The van der Waals surface area contributed by atoms with Crippen molar-refractivity contribution in [3.05, 3.63) is 42.5 Å². The van der Waals surface area contributed by atoms with Gasteiger partial charge < -0.3 is 10.2 Å². The second-order valence-corrected chi connectivity index (χ2v) is 3.83. The third kappa shape index (κ3) is 2.22. The van der Waals surface area contributed by atoms with Gasteiger partial charge in [-0.05, 0) is 12.1 Å². The SMILES string of the molecule is C=C[C@H]1CNCCN1c1cc(F)cc(F)c1. The Labute approximate surface area is 93.6 Å². The molecule has 0 saturated carbocycles. The zero-order valence-electron chi connectivity index (χ0n) is 8.92. The van der Waals surface area contributed by atoms with Gasteiger partial charge in [-0.3, -0.25) is 0 Å². The van der Waals surface area contributed by atoms with Crippen LogP contribution >= 0.6 is 0 Å². The molecule has 0 amide bonds. The van der Waals surface area contributed by atoms with Crippen LogP contribution in [0.25, 0.3) is 0 Å². The van der Waals surface area contributed by atoms with Crippen molar-refractivity contribution in [2.24, 2.45) is 0 Å². The van der Waals surface area contributed by atoms with E-state index in [0.29, 0.717) is 5.69 Å². The fourth-order valence-corrected chi connectivity index (χ4v) is 1.96. The van der Waals surface area contributed by atoms with Gasteiger partial charge in [0.1, 0.15) is 11.6 Å². The summed E-state index contributed by atoms with van der Waals surface area (Å²) in [5.74, 6) is -1.09. The summed E-state index contributed by atoms with van der Waals surface area (Å²) in [6.45, 7) is 6.02. The molecule has 16 heavy (non-hydrogen) atoms. The van der Waals surface area contributed by atoms with Crippen LogP contribution in [0.5, 0.6) is 0 Å². The van der Waals surface area contributed by atoms with Crippen molar-refractivity contribution in [1.29, 1.82) is 0 Å². The first-order valence-corrected chi connectivity index (χ1v) is 5.26. The van der Waals surface area contributed by atoms with E-state index in [1.807, 2.05) is 4.90 Å². The summed E-state index contributed by atoms with van der Waals surface area (Å²) in [4.78, 5) is 1.95. The highest BCUT2D eigenvalue weighted by Gasteiger charge is 2.20. The molecule has 2 nitrogen and oxygen atoms in total. The standard InChI is InChI=1S/C12H14F2N2/c1-2-11-8-15-3-4-16(11)12-6-9(13)5-10(14)7-12/h2,5-7,11,15H,1,3-4,8H2/t11-/m0/s1. The molecule has 0 radical (unpaired) electrons. The van der Waals surface area contributed by atoms with Crippen molar-refractivity contribution in [1.82, 2.24) is 5.32 Å². The van der Waals surface area contributed by atoms with Gasteiger partial charge >= 0.3 is 0 Å². The van der Waals surface area contributed by atoms with E-state index >= 15 is 0 Å². The van der Waals surface area contributed by atoms with Crippen molar-refractivity contribution in [2.75, 3.05) is 24.5 Å². The van der Waals surface area contributed by atoms with E-state index in [0.717, 1.165) is 25.7 Å². The Morgan fingerprint density at radius 1 is 1.31 bits per heavy atom. The largest absolute Gasteiger partial charge is 0.362 e. The highest BCUT2D eigenvalue weighted by molar-refractivity contribution is 5.49. The molecule has 1 aliphatic rings. The quantitative estimate of drug-likeness (QED) is 0.772. The van der Waals surface area contributed by atoms with Crippen LogP contribution in [0.2, 0.25) is 0 Å². The zero-order chi connectivity index (χ0) is 11.5. The number of halogens is 2. The van der Waals surface area contributed by atoms with Crippen molar-refractivity contribution < 1.29 is 8.78 Å². The van der Waals surface area contributed by atoms with Gasteiger partial charge in [-0.15, -0.1) is 6.58 Å². The van der Waals surface area contributed by atoms with Crippen LogP contribution in [-0.2, 0) is 0 Å². The van der Waals surface area contributed by atoms with Crippen molar-refractivity contribution >= 4 is 5.69 Å². The van der Waals surface area contributed by atoms with Gasteiger partial charge in [-0.1, -0.05) is 6.08 Å². The first-order chi connectivity index (χ1) is 7.70. The molecular formula is C12H14F2N2. The van der Waals surface area contributed by atoms with E-state index in [-0.39, 0.29) is 6.04 Å². The molecular weight excluding hydrogens is 210 g/mol. The number of hydrogen-bond acceptors (Lipinski definition) is 2. The van der Waals surface area contributed by atoms with Crippen LogP contribution in [-0.4, -0.2) is 25.7 Å². The molecule has 0 aliphatic carbocycles. The molecule has 0 aromatic heterocycles. The first kappa shape index (κ1) is 11.1. The fraction of sp³-hybridized carbons (Fsp3) is 0.333. The summed E-state index contributed by atoms with van der Waals surface area (Å²) in [6.07, 6.45) is 1.79. The minimum absolute atomic E-state index is 0.0787. The summed E-state index contributed by atoms with van der Waals surface area (Å²) >= 11 is 0. The smallest absolute Gasteiger partial charge is 0.128 e. The van der Waals surface area contributed by atoms with Crippen LogP contribution < -0.4 is 10.2 Å². The van der Waals surface area contributed by atoms with Crippen LogP contribution in [0.4, 0.5) is 14.5 Å². The van der Waals surface area contributed by atoms with Gasteiger partial charge in [-0.2, -0.15) is 0 Å². The molecule has 86 valence electrons. The molecule has 4 heteroatoms. The van der Waals surface area contributed by atoms with E-state index < -0.39 is 11.6 Å². The summed E-state index contributed by atoms with van der Waals surface area (Å²) in [7, 11) is 0. The second kappa shape index (κ2) is 4.61. The van der Waals surface area contributed by atoms with Crippen molar-refractivity contribution in [3.63, 3.8) is 0 Å². The van der Waals surface area contributed by atoms with Gasteiger partial charge in [0.15, 0.2) is 0 Å². The summed E-state index contributed by atoms with van der Waals surface area (Å²) < 4.78 is 26.2.